The Morgan fingerprint density at radius 2 is 1.00 bits per heavy atom. The van der Waals surface area contributed by atoms with Crippen LogP contribution in [0.15, 0.2) is 0 Å². The van der Waals surface area contributed by atoms with Gasteiger partial charge in [-0.15, -0.1) is 0 Å². The molecule has 0 heterocycles. The molecule has 0 aromatic carbocycles. The van der Waals surface area contributed by atoms with Crippen LogP contribution in [-0.4, -0.2) is 52.4 Å². The van der Waals surface area contributed by atoms with Gasteiger partial charge in [0.2, 0.25) is 0 Å². The number of hydrogen-bond acceptors (Lipinski definition) is 1. The standard InChI is InChI=1S/Cd.2Li.H3O4P.2H/c;;;1-5(2,3)4;;/h;;;(H3,1,2,3,4);;. The molecule has 0 saturated heterocycles. The molecule has 0 amide bonds. The van der Waals surface area contributed by atoms with E-state index >= 15 is 0 Å². The van der Waals surface area contributed by atoms with E-state index in [0.29, 0.717) is 0 Å². The van der Waals surface area contributed by atoms with Crippen LogP contribution in [0.4, 0.5) is 0 Å². The van der Waals surface area contributed by atoms with Gasteiger partial charge in [-0.1, -0.05) is 0 Å². The Labute approximate surface area is 91.2 Å². The first-order valence-electron chi connectivity index (χ1n) is 0.783. The first kappa shape index (κ1) is 22.5. The van der Waals surface area contributed by atoms with E-state index in [1.54, 1.807) is 0 Å². The summed E-state index contributed by atoms with van der Waals surface area (Å²) in [7, 11) is -4.64. The van der Waals surface area contributed by atoms with Gasteiger partial charge in [0.05, 0.1) is 0 Å². The van der Waals surface area contributed by atoms with E-state index in [1.165, 1.54) is 0 Å². The van der Waals surface area contributed by atoms with Crippen LogP contribution in [0.5, 0.6) is 0 Å². The molecule has 0 radical (unpaired) electrons. The van der Waals surface area contributed by atoms with Gasteiger partial charge >= 0.3 is 45.5 Å². The van der Waals surface area contributed by atoms with Crippen LogP contribution in [-0.2, 0) is 31.9 Å². The molecular formula is H5CdLi2O4P. The second-order valence-corrected chi connectivity index (χ2v) is 1.54. The van der Waals surface area contributed by atoms with Crippen molar-refractivity contribution in [2.24, 2.45) is 0 Å². The third-order valence-corrected chi connectivity index (χ3v) is 0. The van der Waals surface area contributed by atoms with Gasteiger partial charge in [0, 0.05) is 27.3 Å². The summed E-state index contributed by atoms with van der Waals surface area (Å²) in [5.41, 5.74) is 0. The molecule has 0 unspecified atom stereocenters. The Morgan fingerprint density at radius 1 is 1.00 bits per heavy atom. The quantitative estimate of drug-likeness (QED) is 0.323. The van der Waals surface area contributed by atoms with Crippen LogP contribution in [0.25, 0.3) is 0 Å². The zero-order valence-corrected chi connectivity index (χ0v) is 7.83. The molecule has 3 N–H and O–H groups in total. The van der Waals surface area contributed by atoms with Gasteiger partial charge in [-0.05, 0) is 0 Å². The number of rotatable bonds is 0. The summed E-state index contributed by atoms with van der Waals surface area (Å²) in [6.45, 7) is 0. The van der Waals surface area contributed by atoms with Crippen LogP contribution in [0, 0.1) is 0 Å². The summed E-state index contributed by atoms with van der Waals surface area (Å²) in [6, 6.07) is 0. The molecule has 0 aromatic rings. The summed E-state index contributed by atoms with van der Waals surface area (Å²) in [4.78, 5) is 21.6. The van der Waals surface area contributed by atoms with Gasteiger partial charge in [-0.2, -0.15) is 0 Å². The van der Waals surface area contributed by atoms with Crippen LogP contribution < -0.4 is 0 Å². The maximum atomic E-state index is 8.88. The predicted molar refractivity (Wildman–Crippen MR) is 28.6 cm³/mol. The maximum absolute atomic E-state index is 8.88. The second kappa shape index (κ2) is 9.23. The minimum absolute atomic E-state index is 0. The third kappa shape index (κ3) is 86.6. The Hall–Kier alpha value is 2.23. The Morgan fingerprint density at radius 3 is 1.00 bits per heavy atom. The van der Waals surface area contributed by atoms with E-state index in [9.17, 15) is 0 Å². The van der Waals surface area contributed by atoms with Gasteiger partial charge in [0.25, 0.3) is 0 Å². The van der Waals surface area contributed by atoms with Crippen molar-refractivity contribution in [2.45, 2.75) is 0 Å². The van der Waals surface area contributed by atoms with E-state index in [0.717, 1.165) is 0 Å². The van der Waals surface area contributed by atoms with E-state index in [2.05, 4.69) is 0 Å². The molecule has 4 nitrogen and oxygen atoms in total. The van der Waals surface area contributed by atoms with Gasteiger partial charge in [0.1, 0.15) is 0 Å². The predicted octanol–water partition coefficient (Wildman–Crippen LogP) is -2.23. The summed E-state index contributed by atoms with van der Waals surface area (Å²) in [5, 5.41) is 0. The van der Waals surface area contributed by atoms with Crippen molar-refractivity contribution in [1.82, 2.24) is 0 Å². The molecular weight excluding hydrogens is 221 g/mol. The molecule has 8 heteroatoms. The van der Waals surface area contributed by atoms with Crippen molar-refractivity contribution in [3.05, 3.63) is 0 Å². The van der Waals surface area contributed by atoms with Crippen molar-refractivity contribution in [3.8, 4) is 0 Å². The first-order chi connectivity index (χ1) is 2.00. The summed E-state index contributed by atoms with van der Waals surface area (Å²) < 4.78 is 8.88. The van der Waals surface area contributed by atoms with Gasteiger partial charge in [0.15, 0.2) is 0 Å². The molecule has 0 fully saturated rings. The van der Waals surface area contributed by atoms with E-state index < -0.39 is 7.82 Å². The Balaban J connectivity index is -0.0000000267. The number of hydrogen-bond donors (Lipinski definition) is 3. The first-order valence-corrected chi connectivity index (χ1v) is 2.35. The number of phosphoric acid groups is 1. The summed E-state index contributed by atoms with van der Waals surface area (Å²) >= 11 is 0. The molecule has 8 heavy (non-hydrogen) atoms. The third-order valence-electron chi connectivity index (χ3n) is 0. The zero-order chi connectivity index (χ0) is 4.50. The van der Waals surface area contributed by atoms with Gasteiger partial charge in [-0.3, -0.25) is 0 Å². The monoisotopic (exact) mass is 228 g/mol. The molecule has 0 atom stereocenters. The van der Waals surface area contributed by atoms with Crippen molar-refractivity contribution in [1.29, 1.82) is 0 Å². The SMILES string of the molecule is O=P(O)(O)O.[Cd].[LiH].[LiH]. The molecule has 0 rings (SSSR count). The van der Waals surface area contributed by atoms with Gasteiger partial charge in [-0.25, -0.2) is 4.57 Å². The molecule has 38 valence electrons. The normalized spacial score (nSPS) is 7.38. The van der Waals surface area contributed by atoms with Crippen molar-refractivity contribution in [2.75, 3.05) is 0 Å². The summed E-state index contributed by atoms with van der Waals surface area (Å²) in [6.07, 6.45) is 0. The molecule has 0 aromatic heterocycles. The topological polar surface area (TPSA) is 77.8 Å². The van der Waals surface area contributed by atoms with Crippen molar-refractivity contribution >= 4 is 45.5 Å². The van der Waals surface area contributed by atoms with Crippen LogP contribution in [0.3, 0.4) is 0 Å². The molecule has 0 saturated carbocycles. The average molecular weight is 226 g/mol. The fourth-order valence-electron chi connectivity index (χ4n) is 0. The second-order valence-electron chi connectivity index (χ2n) is 0.513. The van der Waals surface area contributed by atoms with E-state index in [-0.39, 0.29) is 65.0 Å². The van der Waals surface area contributed by atoms with E-state index in [4.69, 9.17) is 19.2 Å². The minimum atomic E-state index is -4.64. The van der Waals surface area contributed by atoms with Gasteiger partial charge < -0.3 is 14.7 Å². The average Bonchev–Trinajstić information content (AvgIpc) is 0.722. The fourth-order valence-corrected chi connectivity index (χ4v) is 0. The molecule has 0 aliphatic rings. The molecule has 0 bridgehead atoms. The van der Waals surface area contributed by atoms with Crippen molar-refractivity contribution in [3.63, 3.8) is 0 Å². The van der Waals surface area contributed by atoms with Crippen LogP contribution in [0.1, 0.15) is 0 Å². The molecule has 0 spiro atoms. The molecule has 0 aliphatic heterocycles. The Kier molecular flexibility index (Phi) is 25.9. The fraction of sp³-hybridized carbons (Fsp3) is 0. The summed E-state index contributed by atoms with van der Waals surface area (Å²) in [5.74, 6) is 0. The Bertz CT molecular complexity index is 60.2. The van der Waals surface area contributed by atoms with Crippen LogP contribution >= 0.6 is 7.82 Å². The van der Waals surface area contributed by atoms with E-state index in [1.807, 2.05) is 0 Å². The zero-order valence-electron chi connectivity index (χ0n) is 2.90. The van der Waals surface area contributed by atoms with Crippen LogP contribution in [0.2, 0.25) is 0 Å². The molecule has 0 aliphatic carbocycles. The van der Waals surface area contributed by atoms with Crippen molar-refractivity contribution < 1.29 is 46.5 Å².